The van der Waals surface area contributed by atoms with Gasteiger partial charge in [-0.1, -0.05) is 17.8 Å². The average molecular weight is 232 g/mol. The van der Waals surface area contributed by atoms with Crippen molar-refractivity contribution in [2.75, 3.05) is 5.75 Å². The third-order valence-electron chi connectivity index (χ3n) is 1.79. The highest BCUT2D eigenvalue weighted by Gasteiger charge is 1.93. The third kappa shape index (κ3) is 4.76. The minimum absolute atomic E-state index is 0.137. The quantitative estimate of drug-likeness (QED) is 0.749. The van der Waals surface area contributed by atoms with Crippen LogP contribution in [0.4, 0.5) is 0 Å². The number of nitriles is 1. The maximum atomic E-state index is 10.7. The largest absolute Gasteiger partial charge is 0.288 e. The standard InChI is InChI=1S/C12H12N2OS/c1-10(15)16-7-3-2-4-12-8-11(9-13)5-6-14-12/h2,4-6,8H,3,7H2,1H3. The Balaban J connectivity index is 2.44. The van der Waals surface area contributed by atoms with Crippen LogP contribution in [0.5, 0.6) is 0 Å². The van der Waals surface area contributed by atoms with Crippen LogP contribution in [0.1, 0.15) is 24.6 Å². The van der Waals surface area contributed by atoms with E-state index in [-0.39, 0.29) is 5.12 Å². The van der Waals surface area contributed by atoms with Gasteiger partial charge in [-0.15, -0.1) is 0 Å². The van der Waals surface area contributed by atoms with Gasteiger partial charge in [0.05, 0.1) is 17.3 Å². The molecule has 0 saturated carbocycles. The van der Waals surface area contributed by atoms with Crippen LogP contribution in [0, 0.1) is 11.3 Å². The van der Waals surface area contributed by atoms with Crippen molar-refractivity contribution in [3.8, 4) is 6.07 Å². The number of aromatic nitrogens is 1. The van der Waals surface area contributed by atoms with Crippen LogP contribution in [0.25, 0.3) is 6.08 Å². The number of rotatable bonds is 4. The van der Waals surface area contributed by atoms with E-state index >= 15 is 0 Å². The first-order valence-corrected chi connectivity index (χ1v) is 5.87. The van der Waals surface area contributed by atoms with Crippen molar-refractivity contribution in [2.24, 2.45) is 0 Å². The van der Waals surface area contributed by atoms with E-state index < -0.39 is 0 Å². The van der Waals surface area contributed by atoms with Crippen LogP contribution in [0.3, 0.4) is 0 Å². The number of carbonyl (C=O) groups excluding carboxylic acids is 1. The van der Waals surface area contributed by atoms with E-state index in [2.05, 4.69) is 11.1 Å². The van der Waals surface area contributed by atoms with E-state index in [0.29, 0.717) is 5.56 Å². The van der Waals surface area contributed by atoms with Crippen LogP contribution in [0.15, 0.2) is 24.4 Å². The molecule has 1 aromatic heterocycles. The Morgan fingerprint density at radius 3 is 3.19 bits per heavy atom. The maximum Gasteiger partial charge on any atom is 0.185 e. The molecule has 0 aromatic carbocycles. The van der Waals surface area contributed by atoms with Crippen molar-refractivity contribution in [3.05, 3.63) is 35.7 Å². The van der Waals surface area contributed by atoms with E-state index in [1.807, 2.05) is 12.2 Å². The van der Waals surface area contributed by atoms with Gasteiger partial charge in [0.1, 0.15) is 0 Å². The van der Waals surface area contributed by atoms with Crippen molar-refractivity contribution in [2.45, 2.75) is 13.3 Å². The maximum absolute atomic E-state index is 10.7. The number of thioether (sulfide) groups is 1. The smallest absolute Gasteiger partial charge is 0.185 e. The van der Waals surface area contributed by atoms with Gasteiger partial charge in [0.15, 0.2) is 5.12 Å². The molecule has 0 aliphatic rings. The molecule has 0 amide bonds. The SMILES string of the molecule is CC(=O)SCCC=Cc1cc(C#N)ccn1. The van der Waals surface area contributed by atoms with Crippen LogP contribution in [0.2, 0.25) is 0 Å². The molecule has 0 spiro atoms. The molecule has 1 aromatic rings. The Kier molecular flexibility index (Phi) is 5.30. The molecule has 0 fully saturated rings. The lowest BCUT2D eigenvalue weighted by Gasteiger charge is -1.93. The number of pyridine rings is 1. The lowest BCUT2D eigenvalue weighted by Crippen LogP contribution is -1.85. The first-order valence-electron chi connectivity index (χ1n) is 4.88. The highest BCUT2D eigenvalue weighted by Crippen LogP contribution is 2.06. The Bertz CT molecular complexity index is 435. The van der Waals surface area contributed by atoms with Gasteiger partial charge in [0.25, 0.3) is 0 Å². The predicted octanol–water partition coefficient (Wildman–Crippen LogP) is 2.64. The highest BCUT2D eigenvalue weighted by atomic mass is 32.2. The van der Waals surface area contributed by atoms with E-state index in [9.17, 15) is 4.79 Å². The van der Waals surface area contributed by atoms with Crippen molar-refractivity contribution in [1.82, 2.24) is 4.98 Å². The van der Waals surface area contributed by atoms with Gasteiger partial charge in [-0.3, -0.25) is 9.78 Å². The van der Waals surface area contributed by atoms with Gasteiger partial charge in [0, 0.05) is 18.9 Å². The summed E-state index contributed by atoms with van der Waals surface area (Å²) in [5.74, 6) is 0.782. The monoisotopic (exact) mass is 232 g/mol. The van der Waals surface area contributed by atoms with E-state index in [1.54, 1.807) is 25.3 Å². The second kappa shape index (κ2) is 6.81. The second-order valence-electron chi connectivity index (χ2n) is 3.11. The average Bonchev–Trinajstić information content (AvgIpc) is 2.28. The topological polar surface area (TPSA) is 53.8 Å². The summed E-state index contributed by atoms with van der Waals surface area (Å²) in [6, 6.07) is 5.46. The number of hydrogen-bond donors (Lipinski definition) is 0. The second-order valence-corrected chi connectivity index (χ2v) is 4.38. The zero-order valence-corrected chi connectivity index (χ0v) is 9.83. The Labute approximate surface area is 99.2 Å². The summed E-state index contributed by atoms with van der Waals surface area (Å²) in [7, 11) is 0. The summed E-state index contributed by atoms with van der Waals surface area (Å²) in [6.45, 7) is 1.56. The first kappa shape index (κ1) is 12.5. The molecular weight excluding hydrogens is 220 g/mol. The molecular formula is C12H12N2OS. The molecule has 4 heteroatoms. The normalized spacial score (nSPS) is 10.2. The molecule has 0 radical (unpaired) electrons. The van der Waals surface area contributed by atoms with Gasteiger partial charge >= 0.3 is 0 Å². The van der Waals surface area contributed by atoms with Crippen LogP contribution in [-0.2, 0) is 4.79 Å². The molecule has 0 atom stereocenters. The van der Waals surface area contributed by atoms with Gasteiger partial charge in [-0.05, 0) is 24.6 Å². The first-order chi connectivity index (χ1) is 7.72. The van der Waals surface area contributed by atoms with E-state index in [4.69, 9.17) is 5.26 Å². The molecule has 0 unspecified atom stereocenters. The molecule has 1 rings (SSSR count). The predicted molar refractivity (Wildman–Crippen MR) is 65.7 cm³/mol. The number of nitrogens with zero attached hydrogens (tertiary/aromatic N) is 2. The summed E-state index contributed by atoms with van der Waals surface area (Å²) >= 11 is 1.31. The van der Waals surface area contributed by atoms with Gasteiger partial charge < -0.3 is 0 Å². The molecule has 0 N–H and O–H groups in total. The van der Waals surface area contributed by atoms with Crippen LogP contribution in [-0.4, -0.2) is 15.9 Å². The van der Waals surface area contributed by atoms with Crippen LogP contribution >= 0.6 is 11.8 Å². The summed E-state index contributed by atoms with van der Waals surface area (Å²) in [5, 5.41) is 8.83. The van der Waals surface area contributed by atoms with Gasteiger partial charge in [-0.2, -0.15) is 5.26 Å². The van der Waals surface area contributed by atoms with E-state index in [0.717, 1.165) is 17.9 Å². The third-order valence-corrected chi connectivity index (χ3v) is 2.63. The zero-order valence-electron chi connectivity index (χ0n) is 9.01. The van der Waals surface area contributed by atoms with Crippen molar-refractivity contribution >= 4 is 23.0 Å². The van der Waals surface area contributed by atoms with Gasteiger partial charge in [0.2, 0.25) is 0 Å². The molecule has 82 valence electrons. The van der Waals surface area contributed by atoms with Gasteiger partial charge in [-0.25, -0.2) is 0 Å². The van der Waals surface area contributed by atoms with Crippen LogP contribution < -0.4 is 0 Å². The number of carbonyl (C=O) groups is 1. The molecule has 1 heterocycles. The summed E-state index contributed by atoms with van der Waals surface area (Å²) in [6.07, 6.45) is 6.26. The van der Waals surface area contributed by atoms with Crippen molar-refractivity contribution in [1.29, 1.82) is 5.26 Å². The van der Waals surface area contributed by atoms with E-state index in [1.165, 1.54) is 11.8 Å². The fourth-order valence-electron chi connectivity index (χ4n) is 1.08. The fourth-order valence-corrected chi connectivity index (χ4v) is 1.63. The Morgan fingerprint density at radius 1 is 1.69 bits per heavy atom. The molecule has 0 saturated heterocycles. The van der Waals surface area contributed by atoms with Crippen molar-refractivity contribution < 1.29 is 4.79 Å². The Hall–Kier alpha value is -1.60. The fraction of sp³-hybridized carbons (Fsp3) is 0.250. The molecule has 0 aliphatic carbocycles. The molecule has 0 bridgehead atoms. The minimum Gasteiger partial charge on any atom is -0.288 e. The molecule has 16 heavy (non-hydrogen) atoms. The molecule has 3 nitrogen and oxygen atoms in total. The molecule has 0 aliphatic heterocycles. The summed E-state index contributed by atoms with van der Waals surface area (Å²) < 4.78 is 0. The lowest BCUT2D eigenvalue weighted by molar-refractivity contribution is -0.109. The highest BCUT2D eigenvalue weighted by molar-refractivity contribution is 8.13. The summed E-state index contributed by atoms with van der Waals surface area (Å²) in [5.41, 5.74) is 1.37. The minimum atomic E-state index is 0.137. The Morgan fingerprint density at radius 2 is 2.50 bits per heavy atom. The lowest BCUT2D eigenvalue weighted by atomic mass is 10.2. The zero-order chi connectivity index (χ0) is 11.8. The number of hydrogen-bond acceptors (Lipinski definition) is 4. The summed E-state index contributed by atoms with van der Waals surface area (Å²) in [4.78, 5) is 14.8. The van der Waals surface area contributed by atoms with Crippen molar-refractivity contribution in [3.63, 3.8) is 0 Å². The number of allylic oxidation sites excluding steroid dienone is 1.